The minimum atomic E-state index is -2.67. The summed E-state index contributed by atoms with van der Waals surface area (Å²) in [6.07, 6.45) is -4.24. The van der Waals surface area contributed by atoms with Gasteiger partial charge in [0.15, 0.2) is 0 Å². The second kappa shape index (κ2) is 5.26. The molecular weight excluding hydrogens is 196 g/mol. The zero-order valence-corrected chi connectivity index (χ0v) is 7.73. The molecule has 1 heterocycles. The summed E-state index contributed by atoms with van der Waals surface area (Å²) in [6, 6.07) is 1.91. The van der Waals surface area contributed by atoms with Gasteiger partial charge in [-0.15, -0.1) is 0 Å². The summed E-state index contributed by atoms with van der Waals surface area (Å²) >= 11 is 1.55. The molecule has 0 saturated carbocycles. The number of thiophene rings is 1. The Bertz CT molecular complexity index is 228. The van der Waals surface area contributed by atoms with E-state index in [0.717, 1.165) is 5.56 Å². The average Bonchev–Trinajstić information content (AvgIpc) is 2.56. The molecular formula is C8H11F2NOS. The molecule has 1 aromatic rings. The lowest BCUT2D eigenvalue weighted by molar-refractivity contribution is -0.00340. The van der Waals surface area contributed by atoms with Crippen molar-refractivity contribution in [3.8, 4) is 0 Å². The monoisotopic (exact) mass is 207 g/mol. The maximum Gasteiger partial charge on any atom is 0.265 e. The van der Waals surface area contributed by atoms with Crippen LogP contribution in [-0.2, 0) is 6.54 Å². The van der Waals surface area contributed by atoms with Crippen molar-refractivity contribution in [2.75, 3.05) is 6.54 Å². The van der Waals surface area contributed by atoms with Crippen LogP contribution < -0.4 is 5.32 Å². The first-order chi connectivity index (χ1) is 6.20. The molecule has 1 atom stereocenters. The van der Waals surface area contributed by atoms with Crippen LogP contribution in [0.3, 0.4) is 0 Å². The Kier molecular flexibility index (Phi) is 4.27. The SMILES string of the molecule is OC(CNCc1ccsc1)C(F)F. The maximum absolute atomic E-state index is 11.8. The topological polar surface area (TPSA) is 32.3 Å². The molecule has 0 saturated heterocycles. The molecule has 1 aromatic heterocycles. The molecule has 13 heavy (non-hydrogen) atoms. The predicted molar refractivity (Wildman–Crippen MR) is 48.0 cm³/mol. The van der Waals surface area contributed by atoms with Crippen LogP contribution in [0.25, 0.3) is 0 Å². The standard InChI is InChI=1S/C8H11F2NOS/c9-8(10)7(12)4-11-3-6-1-2-13-5-6/h1-2,5,7-8,11-12H,3-4H2. The van der Waals surface area contributed by atoms with Crippen molar-refractivity contribution in [1.29, 1.82) is 0 Å². The van der Waals surface area contributed by atoms with E-state index in [1.165, 1.54) is 0 Å². The Labute approximate surface area is 79.2 Å². The van der Waals surface area contributed by atoms with Crippen molar-refractivity contribution in [2.24, 2.45) is 0 Å². The Hall–Kier alpha value is -0.520. The number of nitrogens with one attached hydrogen (secondary N) is 1. The smallest absolute Gasteiger partial charge is 0.265 e. The van der Waals surface area contributed by atoms with Gasteiger partial charge in [0.2, 0.25) is 0 Å². The average molecular weight is 207 g/mol. The zero-order chi connectivity index (χ0) is 9.68. The number of hydrogen-bond acceptors (Lipinski definition) is 3. The maximum atomic E-state index is 11.8. The molecule has 0 aliphatic carbocycles. The largest absolute Gasteiger partial charge is 0.386 e. The lowest BCUT2D eigenvalue weighted by Gasteiger charge is -2.09. The van der Waals surface area contributed by atoms with Gasteiger partial charge in [0, 0.05) is 13.1 Å². The van der Waals surface area contributed by atoms with Crippen molar-refractivity contribution in [3.63, 3.8) is 0 Å². The second-order valence-corrected chi connectivity index (χ2v) is 3.44. The number of halogens is 2. The Morgan fingerprint density at radius 1 is 1.54 bits per heavy atom. The fourth-order valence-electron chi connectivity index (χ4n) is 0.847. The van der Waals surface area contributed by atoms with Crippen LogP contribution in [0.1, 0.15) is 5.56 Å². The Balaban J connectivity index is 2.14. The van der Waals surface area contributed by atoms with Crippen LogP contribution in [0.15, 0.2) is 16.8 Å². The van der Waals surface area contributed by atoms with E-state index in [0.29, 0.717) is 6.54 Å². The van der Waals surface area contributed by atoms with Gasteiger partial charge in [-0.05, 0) is 22.4 Å². The fourth-order valence-corrected chi connectivity index (χ4v) is 1.52. The van der Waals surface area contributed by atoms with E-state index in [2.05, 4.69) is 5.32 Å². The molecule has 2 N–H and O–H groups in total. The molecule has 1 unspecified atom stereocenters. The van der Waals surface area contributed by atoms with E-state index < -0.39 is 12.5 Å². The van der Waals surface area contributed by atoms with Crippen LogP contribution in [0.4, 0.5) is 8.78 Å². The van der Waals surface area contributed by atoms with E-state index in [1.807, 2.05) is 16.8 Å². The number of rotatable bonds is 5. The highest BCUT2D eigenvalue weighted by molar-refractivity contribution is 7.07. The van der Waals surface area contributed by atoms with Gasteiger partial charge < -0.3 is 10.4 Å². The third-order valence-corrected chi connectivity index (χ3v) is 2.29. The van der Waals surface area contributed by atoms with E-state index in [1.54, 1.807) is 11.3 Å². The van der Waals surface area contributed by atoms with Crippen molar-refractivity contribution >= 4 is 11.3 Å². The first kappa shape index (κ1) is 10.6. The molecule has 1 rings (SSSR count). The van der Waals surface area contributed by atoms with Gasteiger partial charge in [0.1, 0.15) is 6.10 Å². The summed E-state index contributed by atoms with van der Waals surface area (Å²) in [5.41, 5.74) is 1.05. The van der Waals surface area contributed by atoms with E-state index >= 15 is 0 Å². The van der Waals surface area contributed by atoms with Gasteiger partial charge in [-0.25, -0.2) is 8.78 Å². The first-order valence-electron chi connectivity index (χ1n) is 3.88. The number of aliphatic hydroxyl groups is 1. The summed E-state index contributed by atoms with van der Waals surface area (Å²) in [4.78, 5) is 0. The first-order valence-corrected chi connectivity index (χ1v) is 4.82. The normalized spacial score (nSPS) is 13.5. The predicted octanol–water partition coefficient (Wildman–Crippen LogP) is 1.46. The van der Waals surface area contributed by atoms with Crippen molar-refractivity contribution in [3.05, 3.63) is 22.4 Å². The highest BCUT2D eigenvalue weighted by Gasteiger charge is 2.15. The third-order valence-electron chi connectivity index (χ3n) is 1.55. The van der Waals surface area contributed by atoms with Crippen LogP contribution in [0.2, 0.25) is 0 Å². The van der Waals surface area contributed by atoms with E-state index in [-0.39, 0.29) is 6.54 Å². The summed E-state index contributed by atoms with van der Waals surface area (Å²) < 4.78 is 23.6. The van der Waals surface area contributed by atoms with Gasteiger partial charge in [-0.3, -0.25) is 0 Å². The molecule has 0 aliphatic rings. The van der Waals surface area contributed by atoms with E-state index in [4.69, 9.17) is 5.11 Å². The third kappa shape index (κ3) is 3.80. The minimum absolute atomic E-state index is 0.0759. The van der Waals surface area contributed by atoms with Crippen molar-refractivity contribution < 1.29 is 13.9 Å². The van der Waals surface area contributed by atoms with Gasteiger partial charge in [-0.2, -0.15) is 11.3 Å². The summed E-state index contributed by atoms with van der Waals surface area (Å²) in [5.74, 6) is 0. The number of aliphatic hydroxyl groups excluding tert-OH is 1. The molecule has 74 valence electrons. The molecule has 0 radical (unpaired) electrons. The lowest BCUT2D eigenvalue weighted by Crippen LogP contribution is -2.31. The van der Waals surface area contributed by atoms with Crippen LogP contribution in [0, 0.1) is 0 Å². The van der Waals surface area contributed by atoms with Crippen molar-refractivity contribution in [1.82, 2.24) is 5.32 Å². The van der Waals surface area contributed by atoms with Gasteiger partial charge in [0.05, 0.1) is 0 Å². The van der Waals surface area contributed by atoms with Crippen LogP contribution in [-0.4, -0.2) is 24.2 Å². The van der Waals surface area contributed by atoms with Gasteiger partial charge in [0.25, 0.3) is 6.43 Å². The van der Waals surface area contributed by atoms with Crippen LogP contribution in [0.5, 0.6) is 0 Å². The summed E-state index contributed by atoms with van der Waals surface area (Å²) in [6.45, 7) is 0.445. The number of hydrogen-bond donors (Lipinski definition) is 2. The van der Waals surface area contributed by atoms with Crippen molar-refractivity contribution in [2.45, 2.75) is 19.1 Å². The number of alkyl halides is 2. The quantitative estimate of drug-likeness (QED) is 0.766. The van der Waals surface area contributed by atoms with Gasteiger partial charge in [-0.1, -0.05) is 0 Å². The molecule has 5 heteroatoms. The molecule has 2 nitrogen and oxygen atoms in total. The molecule has 0 bridgehead atoms. The summed E-state index contributed by atoms with van der Waals surface area (Å²) in [5, 5.41) is 15.3. The van der Waals surface area contributed by atoms with Gasteiger partial charge >= 0.3 is 0 Å². The highest BCUT2D eigenvalue weighted by Crippen LogP contribution is 2.05. The molecule has 0 spiro atoms. The zero-order valence-electron chi connectivity index (χ0n) is 6.91. The van der Waals surface area contributed by atoms with Crippen LogP contribution >= 0.6 is 11.3 Å². The highest BCUT2D eigenvalue weighted by atomic mass is 32.1. The second-order valence-electron chi connectivity index (χ2n) is 2.66. The minimum Gasteiger partial charge on any atom is -0.386 e. The molecule has 0 fully saturated rings. The molecule has 0 aromatic carbocycles. The summed E-state index contributed by atoms with van der Waals surface area (Å²) in [7, 11) is 0. The van der Waals surface area contributed by atoms with E-state index in [9.17, 15) is 8.78 Å². The Morgan fingerprint density at radius 2 is 2.31 bits per heavy atom. The fraction of sp³-hybridized carbons (Fsp3) is 0.500. The Morgan fingerprint density at radius 3 is 2.85 bits per heavy atom. The lowest BCUT2D eigenvalue weighted by atomic mass is 10.3. The molecule has 0 aliphatic heterocycles. The molecule has 0 amide bonds.